The summed E-state index contributed by atoms with van der Waals surface area (Å²) in [4.78, 5) is 69.5. The zero-order valence-electron chi connectivity index (χ0n) is 16.5. The summed E-state index contributed by atoms with van der Waals surface area (Å²) >= 11 is 1.46. The Balaban J connectivity index is 5.05. The van der Waals surface area contributed by atoms with Gasteiger partial charge < -0.3 is 37.6 Å². The highest BCUT2D eigenvalue weighted by atomic mass is 32.2. The fourth-order valence-electron chi connectivity index (χ4n) is 2.12. The van der Waals surface area contributed by atoms with Crippen LogP contribution in [0.15, 0.2) is 0 Å². The molecule has 0 aromatic carbocycles. The van der Waals surface area contributed by atoms with Crippen LogP contribution in [0.3, 0.4) is 0 Å². The van der Waals surface area contributed by atoms with Crippen LogP contribution in [0, 0.1) is 0 Å². The summed E-state index contributed by atoms with van der Waals surface area (Å²) in [5.41, 5.74) is 10.6. The van der Waals surface area contributed by atoms with Crippen molar-refractivity contribution >= 4 is 47.3 Å². The molecule has 0 saturated heterocycles. The van der Waals surface area contributed by atoms with Crippen LogP contribution in [0.5, 0.6) is 0 Å². The number of primary amides is 1. The van der Waals surface area contributed by atoms with Crippen LogP contribution in [-0.2, 0) is 28.8 Å². The molecule has 0 aromatic rings. The zero-order valence-corrected chi connectivity index (χ0v) is 17.4. The molecule has 0 saturated carbocycles. The maximum atomic E-state index is 12.4. The van der Waals surface area contributed by atoms with E-state index in [4.69, 9.17) is 21.7 Å². The van der Waals surface area contributed by atoms with Crippen molar-refractivity contribution in [3.8, 4) is 0 Å². The number of carbonyl (C=O) groups excluding carboxylic acids is 4. The van der Waals surface area contributed by atoms with Gasteiger partial charge in [-0.25, -0.2) is 4.79 Å². The topological polar surface area (TPSA) is 231 Å². The molecule has 0 spiro atoms. The first-order chi connectivity index (χ1) is 13.9. The molecule has 4 unspecified atom stereocenters. The largest absolute Gasteiger partial charge is 0.481 e. The molecule has 0 aromatic heterocycles. The average Bonchev–Trinajstić information content (AvgIpc) is 2.63. The zero-order chi connectivity index (χ0) is 23.4. The van der Waals surface area contributed by atoms with E-state index in [2.05, 4.69) is 10.6 Å². The Morgan fingerprint density at radius 3 is 1.93 bits per heavy atom. The van der Waals surface area contributed by atoms with Crippen LogP contribution in [0.4, 0.5) is 0 Å². The van der Waals surface area contributed by atoms with E-state index in [1.807, 2.05) is 11.6 Å². The van der Waals surface area contributed by atoms with Gasteiger partial charge in [-0.2, -0.15) is 11.8 Å². The number of hydrogen-bond donors (Lipinski definition) is 7. The molecule has 30 heavy (non-hydrogen) atoms. The highest BCUT2D eigenvalue weighted by molar-refractivity contribution is 7.98. The number of hydrogen-bond acceptors (Lipinski definition) is 8. The van der Waals surface area contributed by atoms with Gasteiger partial charge in [0.1, 0.15) is 18.1 Å². The van der Waals surface area contributed by atoms with Crippen molar-refractivity contribution in [1.82, 2.24) is 16.0 Å². The molecule has 0 radical (unpaired) electrons. The molecule has 13 nitrogen and oxygen atoms in total. The van der Waals surface area contributed by atoms with E-state index in [9.17, 15) is 28.8 Å². The number of nitrogens with one attached hydrogen (secondary N) is 3. The first-order valence-electron chi connectivity index (χ1n) is 8.77. The molecule has 170 valence electrons. The van der Waals surface area contributed by atoms with E-state index >= 15 is 0 Å². The quantitative estimate of drug-likeness (QED) is 0.142. The lowest BCUT2D eigenvalue weighted by molar-refractivity contribution is -0.144. The Morgan fingerprint density at radius 2 is 1.47 bits per heavy atom. The summed E-state index contributed by atoms with van der Waals surface area (Å²) in [5.74, 6) is -5.91. The van der Waals surface area contributed by atoms with Gasteiger partial charge in [-0.15, -0.1) is 0 Å². The van der Waals surface area contributed by atoms with Crippen molar-refractivity contribution in [1.29, 1.82) is 0 Å². The number of carboxylic acids is 2. The molecule has 0 aliphatic heterocycles. The fraction of sp³-hybridized carbons (Fsp3) is 0.625. The molecular formula is C16H27N5O8S. The highest BCUT2D eigenvalue weighted by Gasteiger charge is 2.30. The van der Waals surface area contributed by atoms with Crippen LogP contribution in [-0.4, -0.2) is 82.0 Å². The lowest BCUT2D eigenvalue weighted by Crippen LogP contribution is -2.57. The Bertz CT molecular complexity index is 674. The average molecular weight is 449 g/mol. The molecule has 0 heterocycles. The normalized spacial score (nSPS) is 14.5. The fourth-order valence-corrected chi connectivity index (χ4v) is 2.61. The smallest absolute Gasteiger partial charge is 0.326 e. The monoisotopic (exact) mass is 449 g/mol. The van der Waals surface area contributed by atoms with Gasteiger partial charge >= 0.3 is 11.9 Å². The molecule has 9 N–H and O–H groups in total. The molecule has 14 heteroatoms. The molecule has 4 atom stereocenters. The van der Waals surface area contributed by atoms with Gasteiger partial charge in [0.25, 0.3) is 0 Å². The van der Waals surface area contributed by atoms with Crippen molar-refractivity contribution in [2.45, 2.75) is 50.4 Å². The molecule has 0 aliphatic carbocycles. The van der Waals surface area contributed by atoms with E-state index in [1.54, 1.807) is 0 Å². The van der Waals surface area contributed by atoms with Crippen molar-refractivity contribution in [3.05, 3.63) is 0 Å². The predicted molar refractivity (Wildman–Crippen MR) is 106 cm³/mol. The third-order valence-corrected chi connectivity index (χ3v) is 4.40. The van der Waals surface area contributed by atoms with E-state index < -0.39 is 72.6 Å². The molecule has 0 aliphatic rings. The number of nitrogens with two attached hydrogens (primary N) is 2. The molecular weight excluding hydrogens is 422 g/mol. The second kappa shape index (κ2) is 13.4. The lowest BCUT2D eigenvalue weighted by Gasteiger charge is -2.22. The SMILES string of the molecule is CSCCC(N)C(=O)NC(CC(=O)O)C(=O)NC(C)C(=O)NC(CC(N)=O)C(=O)O. The number of carboxylic acid groups (broad SMARTS) is 2. The molecule has 0 bridgehead atoms. The maximum absolute atomic E-state index is 12.4. The van der Waals surface area contributed by atoms with Crippen molar-refractivity contribution in [2.24, 2.45) is 11.5 Å². The van der Waals surface area contributed by atoms with E-state index in [0.29, 0.717) is 12.2 Å². The van der Waals surface area contributed by atoms with Crippen LogP contribution in [0.1, 0.15) is 26.2 Å². The minimum Gasteiger partial charge on any atom is -0.481 e. The Kier molecular flexibility index (Phi) is 12.1. The summed E-state index contributed by atoms with van der Waals surface area (Å²) in [5, 5.41) is 24.4. The van der Waals surface area contributed by atoms with Gasteiger partial charge in [0.15, 0.2) is 0 Å². The number of amides is 4. The summed E-state index contributed by atoms with van der Waals surface area (Å²) in [6.07, 6.45) is 0.702. The van der Waals surface area contributed by atoms with Crippen molar-refractivity contribution < 1.29 is 39.0 Å². The highest BCUT2D eigenvalue weighted by Crippen LogP contribution is 2.01. The van der Waals surface area contributed by atoms with Crippen LogP contribution in [0.2, 0.25) is 0 Å². The second-order valence-electron chi connectivity index (χ2n) is 6.35. The van der Waals surface area contributed by atoms with Crippen LogP contribution >= 0.6 is 11.8 Å². The molecule has 0 fully saturated rings. The van der Waals surface area contributed by atoms with Crippen molar-refractivity contribution in [2.75, 3.05) is 12.0 Å². The van der Waals surface area contributed by atoms with Crippen molar-refractivity contribution in [3.63, 3.8) is 0 Å². The van der Waals surface area contributed by atoms with Gasteiger partial charge in [-0.3, -0.25) is 24.0 Å². The minimum atomic E-state index is -1.60. The molecule has 4 amide bonds. The van der Waals surface area contributed by atoms with Gasteiger partial charge in [0.05, 0.1) is 18.9 Å². The van der Waals surface area contributed by atoms with Gasteiger partial charge in [-0.1, -0.05) is 0 Å². The number of carbonyl (C=O) groups is 6. The Labute approximate surface area is 176 Å². The summed E-state index contributed by atoms with van der Waals surface area (Å²) < 4.78 is 0. The predicted octanol–water partition coefficient (Wildman–Crippen LogP) is -3.02. The Morgan fingerprint density at radius 1 is 0.900 bits per heavy atom. The lowest BCUT2D eigenvalue weighted by atomic mass is 10.1. The first-order valence-corrected chi connectivity index (χ1v) is 10.2. The van der Waals surface area contributed by atoms with Crippen LogP contribution < -0.4 is 27.4 Å². The van der Waals surface area contributed by atoms with E-state index in [1.165, 1.54) is 18.7 Å². The van der Waals surface area contributed by atoms with Gasteiger partial charge in [-0.05, 0) is 25.4 Å². The third-order valence-electron chi connectivity index (χ3n) is 3.75. The number of rotatable bonds is 14. The van der Waals surface area contributed by atoms with E-state index in [0.717, 1.165) is 0 Å². The second-order valence-corrected chi connectivity index (χ2v) is 7.33. The number of thioether (sulfide) groups is 1. The standard InChI is InChI=1S/C16H27N5O8S/c1-7(13(25)21-10(16(28)29)5-11(18)22)19-15(27)9(6-12(23)24)20-14(26)8(17)3-4-30-2/h7-10H,3-6,17H2,1-2H3,(H2,18,22)(H,19,27)(H,20,26)(H,21,25)(H,23,24)(H,28,29). The maximum Gasteiger partial charge on any atom is 0.326 e. The first kappa shape index (κ1) is 27.1. The summed E-state index contributed by atoms with van der Waals surface area (Å²) in [6, 6.07) is -5.36. The minimum absolute atomic E-state index is 0.309. The Hall–Kier alpha value is -2.87. The number of aliphatic carboxylic acids is 2. The third kappa shape index (κ3) is 10.6. The van der Waals surface area contributed by atoms with Crippen LogP contribution in [0.25, 0.3) is 0 Å². The van der Waals surface area contributed by atoms with Gasteiger partial charge in [0.2, 0.25) is 23.6 Å². The summed E-state index contributed by atoms with van der Waals surface area (Å²) in [7, 11) is 0. The van der Waals surface area contributed by atoms with Gasteiger partial charge in [0, 0.05) is 0 Å². The summed E-state index contributed by atoms with van der Waals surface area (Å²) in [6.45, 7) is 1.21. The molecule has 0 rings (SSSR count). The van der Waals surface area contributed by atoms with E-state index in [-0.39, 0.29) is 0 Å².